The standard InChI is InChI=1S/C7H5BrClF/c8-6-2-1-5(4-9)3-7(6)10/h1-3H,4H2. The van der Waals surface area contributed by atoms with Gasteiger partial charge in [0.15, 0.2) is 0 Å². The molecule has 0 unspecified atom stereocenters. The first kappa shape index (κ1) is 8.02. The van der Waals surface area contributed by atoms with Crippen molar-refractivity contribution in [3.8, 4) is 0 Å². The van der Waals surface area contributed by atoms with Gasteiger partial charge < -0.3 is 0 Å². The molecule has 3 heteroatoms. The van der Waals surface area contributed by atoms with E-state index < -0.39 is 0 Å². The lowest BCUT2D eigenvalue weighted by Gasteiger charge is -1.95. The Balaban J connectivity index is 3.04. The van der Waals surface area contributed by atoms with Crippen LogP contribution in [0.1, 0.15) is 5.56 Å². The summed E-state index contributed by atoms with van der Waals surface area (Å²) < 4.78 is 13.1. The summed E-state index contributed by atoms with van der Waals surface area (Å²) >= 11 is 8.51. The van der Waals surface area contributed by atoms with Gasteiger partial charge in [0, 0.05) is 5.88 Å². The number of hydrogen-bond acceptors (Lipinski definition) is 0. The molecule has 0 amide bonds. The molecule has 0 saturated carbocycles. The summed E-state index contributed by atoms with van der Waals surface area (Å²) in [7, 11) is 0. The van der Waals surface area contributed by atoms with Gasteiger partial charge >= 0.3 is 0 Å². The van der Waals surface area contributed by atoms with E-state index in [1.165, 1.54) is 6.07 Å². The van der Waals surface area contributed by atoms with Gasteiger partial charge in [-0.2, -0.15) is 0 Å². The van der Waals surface area contributed by atoms with Gasteiger partial charge in [-0.15, -0.1) is 11.6 Å². The summed E-state index contributed by atoms with van der Waals surface area (Å²) in [5, 5.41) is 0. The molecule has 0 aromatic heterocycles. The summed E-state index contributed by atoms with van der Waals surface area (Å²) in [6, 6.07) is 4.84. The highest BCUT2D eigenvalue weighted by Crippen LogP contribution is 2.16. The van der Waals surface area contributed by atoms with Crippen LogP contribution in [0.4, 0.5) is 4.39 Å². The van der Waals surface area contributed by atoms with Gasteiger partial charge in [0.25, 0.3) is 0 Å². The average Bonchev–Trinajstić information content (AvgIpc) is 1.95. The van der Waals surface area contributed by atoms with Gasteiger partial charge in [-0.05, 0) is 33.6 Å². The normalized spacial score (nSPS) is 9.90. The number of rotatable bonds is 1. The average molecular weight is 223 g/mol. The molecule has 0 heterocycles. The zero-order valence-corrected chi connectivity index (χ0v) is 7.41. The lowest BCUT2D eigenvalue weighted by Crippen LogP contribution is -1.81. The Hall–Kier alpha value is -0.0800. The van der Waals surface area contributed by atoms with Crippen LogP contribution in [-0.2, 0) is 5.88 Å². The first-order chi connectivity index (χ1) is 4.74. The Kier molecular flexibility index (Phi) is 2.69. The Labute approximate surface area is 72.1 Å². The molecule has 10 heavy (non-hydrogen) atoms. The zero-order valence-electron chi connectivity index (χ0n) is 5.07. The second-order valence-corrected chi connectivity index (χ2v) is 3.00. The molecule has 0 radical (unpaired) electrons. The minimum Gasteiger partial charge on any atom is -0.206 e. The maximum Gasteiger partial charge on any atom is 0.137 e. The van der Waals surface area contributed by atoms with Crippen molar-refractivity contribution < 1.29 is 4.39 Å². The van der Waals surface area contributed by atoms with Crippen LogP contribution in [0.3, 0.4) is 0 Å². The summed E-state index contributed by atoms with van der Waals surface area (Å²) in [6.45, 7) is 0. The maximum absolute atomic E-state index is 12.7. The van der Waals surface area contributed by atoms with Gasteiger partial charge in [-0.3, -0.25) is 0 Å². The van der Waals surface area contributed by atoms with Gasteiger partial charge in [0.2, 0.25) is 0 Å². The highest BCUT2D eigenvalue weighted by atomic mass is 79.9. The summed E-state index contributed by atoms with van der Waals surface area (Å²) in [5.41, 5.74) is 0.794. The van der Waals surface area contributed by atoms with Crippen molar-refractivity contribution in [3.63, 3.8) is 0 Å². The van der Waals surface area contributed by atoms with Crippen LogP contribution >= 0.6 is 27.5 Å². The van der Waals surface area contributed by atoms with Crippen molar-refractivity contribution in [2.24, 2.45) is 0 Å². The van der Waals surface area contributed by atoms with E-state index in [2.05, 4.69) is 15.9 Å². The van der Waals surface area contributed by atoms with Gasteiger partial charge in [-0.25, -0.2) is 4.39 Å². The van der Waals surface area contributed by atoms with Crippen LogP contribution in [0.5, 0.6) is 0 Å². The fourth-order valence-corrected chi connectivity index (χ4v) is 1.04. The van der Waals surface area contributed by atoms with Crippen LogP contribution in [0.25, 0.3) is 0 Å². The molecular weight excluding hydrogens is 218 g/mol. The van der Waals surface area contributed by atoms with E-state index in [4.69, 9.17) is 11.6 Å². The van der Waals surface area contributed by atoms with E-state index in [1.54, 1.807) is 12.1 Å². The number of halogens is 3. The molecule has 0 fully saturated rings. The third-order valence-corrected chi connectivity index (χ3v) is 2.09. The molecule has 0 nitrogen and oxygen atoms in total. The number of hydrogen-bond donors (Lipinski definition) is 0. The zero-order chi connectivity index (χ0) is 7.56. The van der Waals surface area contributed by atoms with Crippen LogP contribution in [0, 0.1) is 5.82 Å². The van der Waals surface area contributed by atoms with Crippen molar-refractivity contribution in [2.75, 3.05) is 0 Å². The van der Waals surface area contributed by atoms with Gasteiger partial charge in [-0.1, -0.05) is 6.07 Å². The van der Waals surface area contributed by atoms with Crippen molar-refractivity contribution >= 4 is 27.5 Å². The Morgan fingerprint density at radius 3 is 2.70 bits per heavy atom. The first-order valence-electron chi connectivity index (χ1n) is 2.74. The Bertz CT molecular complexity index is 237. The predicted molar refractivity (Wildman–Crippen MR) is 43.7 cm³/mol. The molecular formula is C7H5BrClF. The molecule has 1 aromatic rings. The molecule has 0 bridgehead atoms. The molecule has 0 saturated heterocycles. The van der Waals surface area contributed by atoms with Crippen LogP contribution in [0.2, 0.25) is 0 Å². The molecule has 54 valence electrons. The molecule has 0 spiro atoms. The van der Waals surface area contributed by atoms with Crippen molar-refractivity contribution in [3.05, 3.63) is 34.1 Å². The molecule has 0 aliphatic carbocycles. The van der Waals surface area contributed by atoms with E-state index in [9.17, 15) is 4.39 Å². The van der Waals surface area contributed by atoms with E-state index in [0.717, 1.165) is 5.56 Å². The molecule has 1 aromatic carbocycles. The third-order valence-electron chi connectivity index (χ3n) is 1.14. The first-order valence-corrected chi connectivity index (χ1v) is 4.06. The fraction of sp³-hybridized carbons (Fsp3) is 0.143. The number of benzene rings is 1. The fourth-order valence-electron chi connectivity index (χ4n) is 0.623. The van der Waals surface area contributed by atoms with E-state index in [1.807, 2.05) is 0 Å². The Morgan fingerprint density at radius 1 is 1.50 bits per heavy atom. The minimum atomic E-state index is -0.266. The largest absolute Gasteiger partial charge is 0.206 e. The van der Waals surface area contributed by atoms with Crippen LogP contribution < -0.4 is 0 Å². The third kappa shape index (κ3) is 1.70. The van der Waals surface area contributed by atoms with E-state index >= 15 is 0 Å². The second-order valence-electron chi connectivity index (χ2n) is 1.88. The highest BCUT2D eigenvalue weighted by molar-refractivity contribution is 9.10. The van der Waals surface area contributed by atoms with Crippen molar-refractivity contribution in [1.29, 1.82) is 0 Å². The molecule has 0 N–H and O–H groups in total. The molecule has 0 aliphatic rings. The second kappa shape index (κ2) is 3.35. The monoisotopic (exact) mass is 222 g/mol. The smallest absolute Gasteiger partial charge is 0.137 e. The molecule has 1 rings (SSSR count). The molecule has 0 aliphatic heterocycles. The predicted octanol–water partition coefficient (Wildman–Crippen LogP) is 3.33. The van der Waals surface area contributed by atoms with E-state index in [-0.39, 0.29) is 5.82 Å². The van der Waals surface area contributed by atoms with Crippen molar-refractivity contribution in [1.82, 2.24) is 0 Å². The summed E-state index contributed by atoms with van der Waals surface area (Å²) in [4.78, 5) is 0. The lowest BCUT2D eigenvalue weighted by atomic mass is 10.2. The van der Waals surface area contributed by atoms with Gasteiger partial charge in [0.05, 0.1) is 4.47 Å². The number of alkyl halides is 1. The van der Waals surface area contributed by atoms with Crippen LogP contribution in [0.15, 0.2) is 22.7 Å². The molecule has 0 atom stereocenters. The quantitative estimate of drug-likeness (QED) is 0.641. The lowest BCUT2D eigenvalue weighted by molar-refractivity contribution is 0.619. The Morgan fingerprint density at radius 2 is 2.20 bits per heavy atom. The maximum atomic E-state index is 12.7. The van der Waals surface area contributed by atoms with E-state index in [0.29, 0.717) is 10.4 Å². The summed E-state index contributed by atoms with van der Waals surface area (Å²) in [5.74, 6) is 0.0858. The summed E-state index contributed by atoms with van der Waals surface area (Å²) in [6.07, 6.45) is 0. The van der Waals surface area contributed by atoms with Crippen molar-refractivity contribution in [2.45, 2.75) is 5.88 Å². The van der Waals surface area contributed by atoms with Gasteiger partial charge in [0.1, 0.15) is 5.82 Å². The SMILES string of the molecule is Fc1cc(CCl)ccc1Br. The van der Waals surface area contributed by atoms with Crippen LogP contribution in [-0.4, -0.2) is 0 Å². The minimum absolute atomic E-state index is 0.266. The highest BCUT2D eigenvalue weighted by Gasteiger charge is 1.97. The topological polar surface area (TPSA) is 0 Å².